The highest BCUT2D eigenvalue weighted by Gasteiger charge is 2.24. The van der Waals surface area contributed by atoms with E-state index in [0.29, 0.717) is 47.7 Å². The number of hydrogen-bond donors (Lipinski definition) is 0. The van der Waals surface area contributed by atoms with Gasteiger partial charge < -0.3 is 19.1 Å². The molecule has 160 valence electrons. The lowest BCUT2D eigenvalue weighted by Crippen LogP contribution is -2.38. The maximum Gasteiger partial charge on any atom is 0.339 e. The van der Waals surface area contributed by atoms with E-state index in [4.69, 9.17) is 14.2 Å². The van der Waals surface area contributed by atoms with E-state index in [1.807, 2.05) is 43.3 Å². The Kier molecular flexibility index (Phi) is 5.75. The summed E-state index contributed by atoms with van der Waals surface area (Å²) in [6.45, 7) is 2.50. The predicted octanol–water partition coefficient (Wildman–Crippen LogP) is 3.30. The maximum absolute atomic E-state index is 12.7. The van der Waals surface area contributed by atoms with Crippen LogP contribution in [-0.4, -0.2) is 49.1 Å². The van der Waals surface area contributed by atoms with E-state index in [1.165, 1.54) is 0 Å². The van der Waals surface area contributed by atoms with E-state index >= 15 is 0 Å². The number of methoxy groups -OCH3 is 2. The van der Waals surface area contributed by atoms with Gasteiger partial charge in [-0.15, -0.1) is 0 Å². The minimum absolute atomic E-state index is 0.233. The Morgan fingerprint density at radius 3 is 2.48 bits per heavy atom. The molecule has 4 rings (SSSR count). The van der Waals surface area contributed by atoms with E-state index in [-0.39, 0.29) is 12.5 Å². The largest absolute Gasteiger partial charge is 0.493 e. The first-order chi connectivity index (χ1) is 15.0. The van der Waals surface area contributed by atoms with Gasteiger partial charge in [-0.2, -0.15) is 0 Å². The number of pyridine rings is 1. The van der Waals surface area contributed by atoms with Crippen molar-refractivity contribution >= 4 is 22.8 Å². The average molecular weight is 420 g/mol. The van der Waals surface area contributed by atoms with E-state index in [0.717, 1.165) is 16.6 Å². The second-order valence-electron chi connectivity index (χ2n) is 7.45. The Labute approximate surface area is 180 Å². The number of amides is 1. The fraction of sp³-hybridized carbons (Fsp3) is 0.292. The van der Waals surface area contributed by atoms with Crippen molar-refractivity contribution in [2.24, 2.45) is 0 Å². The van der Waals surface area contributed by atoms with Gasteiger partial charge >= 0.3 is 5.97 Å². The summed E-state index contributed by atoms with van der Waals surface area (Å²) in [5.74, 6) is 0.541. The molecular weight excluding hydrogens is 396 g/mol. The Morgan fingerprint density at radius 2 is 1.74 bits per heavy atom. The van der Waals surface area contributed by atoms with Crippen molar-refractivity contribution in [2.75, 3.05) is 27.4 Å². The lowest BCUT2D eigenvalue weighted by atomic mass is 9.99. The van der Waals surface area contributed by atoms with Crippen LogP contribution in [0.1, 0.15) is 27.2 Å². The molecular formula is C24H24N2O5. The van der Waals surface area contributed by atoms with Crippen LogP contribution in [0.15, 0.2) is 42.5 Å². The van der Waals surface area contributed by atoms with Crippen molar-refractivity contribution in [1.29, 1.82) is 0 Å². The van der Waals surface area contributed by atoms with Crippen LogP contribution < -0.4 is 9.47 Å². The number of carbonyl (C=O) groups excluding carboxylic acids is 2. The second-order valence-corrected chi connectivity index (χ2v) is 7.45. The monoisotopic (exact) mass is 420 g/mol. The molecule has 1 amide bonds. The number of esters is 1. The van der Waals surface area contributed by atoms with Crippen LogP contribution in [0.25, 0.3) is 10.9 Å². The molecule has 0 spiro atoms. The standard InChI is InChI=1S/C24H24N2O5/c1-15-10-19(18-6-4-5-7-20(18)25-15)24(28)31-14-23(27)26-9-8-16-11-21(29-2)22(30-3)12-17(16)13-26/h4-7,10-12H,8-9,13-14H2,1-3H3. The van der Waals surface area contributed by atoms with Crippen molar-refractivity contribution in [3.63, 3.8) is 0 Å². The van der Waals surface area contributed by atoms with Crippen molar-refractivity contribution < 1.29 is 23.8 Å². The summed E-state index contributed by atoms with van der Waals surface area (Å²) in [6, 6.07) is 12.9. The Balaban J connectivity index is 1.45. The summed E-state index contributed by atoms with van der Waals surface area (Å²) in [7, 11) is 3.19. The number of nitrogens with zero attached hydrogens (tertiary/aromatic N) is 2. The molecule has 0 bridgehead atoms. The molecule has 0 fully saturated rings. The number of aromatic nitrogens is 1. The molecule has 0 saturated carbocycles. The van der Waals surface area contributed by atoms with Gasteiger partial charge in [0.1, 0.15) is 0 Å². The minimum Gasteiger partial charge on any atom is -0.493 e. The summed E-state index contributed by atoms with van der Waals surface area (Å²) in [6.07, 6.45) is 0.698. The van der Waals surface area contributed by atoms with Gasteiger partial charge in [0.05, 0.1) is 25.3 Å². The van der Waals surface area contributed by atoms with Gasteiger partial charge in [-0.3, -0.25) is 9.78 Å². The quantitative estimate of drug-likeness (QED) is 0.590. The predicted molar refractivity (Wildman–Crippen MR) is 115 cm³/mol. The first kappa shape index (κ1) is 20.7. The number of carbonyl (C=O) groups is 2. The maximum atomic E-state index is 12.7. The fourth-order valence-electron chi connectivity index (χ4n) is 3.87. The molecule has 0 aliphatic carbocycles. The lowest BCUT2D eigenvalue weighted by Gasteiger charge is -2.29. The van der Waals surface area contributed by atoms with Crippen LogP contribution >= 0.6 is 0 Å². The zero-order valence-electron chi connectivity index (χ0n) is 17.8. The molecule has 0 unspecified atom stereocenters. The third-order valence-corrected chi connectivity index (χ3v) is 5.46. The smallest absolute Gasteiger partial charge is 0.339 e. The number of aryl methyl sites for hydroxylation is 1. The normalized spacial score (nSPS) is 12.9. The highest BCUT2D eigenvalue weighted by atomic mass is 16.5. The zero-order valence-corrected chi connectivity index (χ0v) is 17.8. The van der Waals surface area contributed by atoms with Gasteiger partial charge in [0.15, 0.2) is 18.1 Å². The number of hydrogen-bond acceptors (Lipinski definition) is 6. The van der Waals surface area contributed by atoms with Gasteiger partial charge in [0.25, 0.3) is 5.91 Å². The van der Waals surface area contributed by atoms with Crippen LogP contribution in [0.3, 0.4) is 0 Å². The molecule has 3 aromatic rings. The van der Waals surface area contributed by atoms with Gasteiger partial charge in [-0.25, -0.2) is 4.79 Å². The number of rotatable bonds is 5. The van der Waals surface area contributed by atoms with Gasteiger partial charge in [-0.05, 0) is 48.7 Å². The number of ether oxygens (including phenoxy) is 3. The Morgan fingerprint density at radius 1 is 1.03 bits per heavy atom. The first-order valence-electron chi connectivity index (χ1n) is 10.0. The first-order valence-corrected chi connectivity index (χ1v) is 10.0. The SMILES string of the molecule is COc1cc2c(cc1OC)CN(C(=O)COC(=O)c1cc(C)nc3ccccc13)CC2. The van der Waals surface area contributed by atoms with Gasteiger partial charge in [0, 0.05) is 24.2 Å². The van der Waals surface area contributed by atoms with Gasteiger partial charge in [-0.1, -0.05) is 18.2 Å². The van der Waals surface area contributed by atoms with E-state index in [9.17, 15) is 9.59 Å². The Hall–Kier alpha value is -3.61. The molecule has 0 N–H and O–H groups in total. The Bertz CT molecular complexity index is 1160. The molecule has 1 aromatic heterocycles. The fourth-order valence-corrected chi connectivity index (χ4v) is 3.87. The summed E-state index contributed by atoms with van der Waals surface area (Å²) in [5, 5.41) is 0.707. The summed E-state index contributed by atoms with van der Waals surface area (Å²) >= 11 is 0. The number of fused-ring (bicyclic) bond motifs is 2. The molecule has 31 heavy (non-hydrogen) atoms. The topological polar surface area (TPSA) is 78.0 Å². The highest BCUT2D eigenvalue weighted by molar-refractivity contribution is 6.04. The number of para-hydroxylation sites is 1. The molecule has 7 heteroatoms. The molecule has 2 heterocycles. The molecule has 1 aliphatic rings. The summed E-state index contributed by atoms with van der Waals surface area (Å²) in [4.78, 5) is 31.6. The zero-order chi connectivity index (χ0) is 22.0. The second kappa shape index (κ2) is 8.63. The van der Waals surface area contributed by atoms with Crippen molar-refractivity contribution in [1.82, 2.24) is 9.88 Å². The van der Waals surface area contributed by atoms with E-state index in [1.54, 1.807) is 25.2 Å². The third-order valence-electron chi connectivity index (χ3n) is 5.46. The van der Waals surface area contributed by atoms with Gasteiger partial charge in [0.2, 0.25) is 0 Å². The highest BCUT2D eigenvalue weighted by Crippen LogP contribution is 2.33. The molecule has 0 radical (unpaired) electrons. The molecule has 0 saturated heterocycles. The third kappa shape index (κ3) is 4.17. The van der Waals surface area contributed by atoms with Crippen molar-refractivity contribution in [3.05, 3.63) is 64.8 Å². The average Bonchev–Trinajstić information content (AvgIpc) is 2.80. The van der Waals surface area contributed by atoms with Crippen LogP contribution in [-0.2, 0) is 22.5 Å². The van der Waals surface area contributed by atoms with Crippen LogP contribution in [0.5, 0.6) is 11.5 Å². The van der Waals surface area contributed by atoms with Crippen LogP contribution in [0.2, 0.25) is 0 Å². The van der Waals surface area contributed by atoms with Crippen LogP contribution in [0.4, 0.5) is 0 Å². The van der Waals surface area contributed by atoms with Crippen molar-refractivity contribution in [3.8, 4) is 11.5 Å². The lowest BCUT2D eigenvalue weighted by molar-refractivity contribution is -0.135. The molecule has 2 aromatic carbocycles. The minimum atomic E-state index is -0.529. The summed E-state index contributed by atoms with van der Waals surface area (Å²) in [5.41, 5.74) is 3.97. The van der Waals surface area contributed by atoms with E-state index < -0.39 is 5.97 Å². The summed E-state index contributed by atoms with van der Waals surface area (Å²) < 4.78 is 16.1. The number of benzene rings is 2. The molecule has 7 nitrogen and oxygen atoms in total. The molecule has 0 atom stereocenters. The molecule has 1 aliphatic heterocycles. The van der Waals surface area contributed by atoms with E-state index in [2.05, 4.69) is 4.98 Å². The van der Waals surface area contributed by atoms with Crippen LogP contribution in [0, 0.1) is 6.92 Å². The van der Waals surface area contributed by atoms with Crippen molar-refractivity contribution in [2.45, 2.75) is 19.9 Å².